The van der Waals surface area contributed by atoms with Gasteiger partial charge in [0.25, 0.3) is 0 Å². The predicted molar refractivity (Wildman–Crippen MR) is 94.3 cm³/mol. The lowest BCUT2D eigenvalue weighted by Gasteiger charge is -2.35. The molecule has 1 aliphatic heterocycles. The van der Waals surface area contributed by atoms with Crippen molar-refractivity contribution in [2.45, 2.75) is 19.4 Å². The molecule has 1 saturated heterocycles. The van der Waals surface area contributed by atoms with E-state index in [9.17, 15) is 14.4 Å². The Morgan fingerprint density at radius 1 is 0.846 bits per heavy atom. The highest BCUT2D eigenvalue weighted by Crippen LogP contribution is 2.08. The van der Waals surface area contributed by atoms with Crippen molar-refractivity contribution in [3.63, 3.8) is 0 Å². The molecule has 0 aromatic rings. The standard InChI is InChI=1S/C16H30N4O6/c1-2-13-9-19(11-15(23)24)8-7-18(10-14(21)22)5-3-17-4-6-20(13)12-16(25)26/h13,17H,2-12H2,1H3,(H,21,22)(H,23,24)(H,25,26). The van der Waals surface area contributed by atoms with Gasteiger partial charge in [-0.3, -0.25) is 29.1 Å². The first kappa shape index (κ1) is 22.3. The van der Waals surface area contributed by atoms with Crippen molar-refractivity contribution in [3.05, 3.63) is 0 Å². The number of carbonyl (C=O) groups is 3. The van der Waals surface area contributed by atoms with Crippen LogP contribution in [0.15, 0.2) is 0 Å². The Morgan fingerprint density at radius 2 is 1.38 bits per heavy atom. The van der Waals surface area contributed by atoms with E-state index in [0.717, 1.165) is 0 Å². The minimum atomic E-state index is -0.955. The fourth-order valence-electron chi connectivity index (χ4n) is 3.12. The summed E-state index contributed by atoms with van der Waals surface area (Å²) in [7, 11) is 0. The third-order valence-electron chi connectivity index (χ3n) is 4.43. The number of carboxylic acids is 3. The molecule has 0 radical (unpaired) electrons. The predicted octanol–water partition coefficient (Wildman–Crippen LogP) is -1.47. The first-order valence-electron chi connectivity index (χ1n) is 8.86. The van der Waals surface area contributed by atoms with Gasteiger partial charge in [0.05, 0.1) is 19.6 Å². The molecule has 10 heteroatoms. The number of aliphatic carboxylic acids is 3. The molecule has 10 nitrogen and oxygen atoms in total. The maximum atomic E-state index is 11.2. The highest BCUT2D eigenvalue weighted by atomic mass is 16.4. The normalized spacial score (nSPS) is 22.3. The van der Waals surface area contributed by atoms with Crippen molar-refractivity contribution in [2.24, 2.45) is 0 Å². The molecule has 4 N–H and O–H groups in total. The molecule has 26 heavy (non-hydrogen) atoms. The van der Waals surface area contributed by atoms with Crippen molar-refractivity contribution in [2.75, 3.05) is 65.4 Å². The van der Waals surface area contributed by atoms with Crippen molar-refractivity contribution in [1.82, 2.24) is 20.0 Å². The average molecular weight is 374 g/mol. The van der Waals surface area contributed by atoms with Crippen molar-refractivity contribution >= 4 is 17.9 Å². The van der Waals surface area contributed by atoms with Gasteiger partial charge in [0.15, 0.2) is 0 Å². The van der Waals surface area contributed by atoms with Crippen LogP contribution in [0.1, 0.15) is 13.3 Å². The molecule has 0 bridgehead atoms. The van der Waals surface area contributed by atoms with E-state index >= 15 is 0 Å². The molecule has 150 valence electrons. The lowest BCUT2D eigenvalue weighted by Crippen LogP contribution is -2.51. The summed E-state index contributed by atoms with van der Waals surface area (Å²) in [4.78, 5) is 38.8. The Kier molecular flexibility index (Phi) is 10.1. The zero-order chi connectivity index (χ0) is 19.5. The van der Waals surface area contributed by atoms with Gasteiger partial charge < -0.3 is 20.6 Å². The topological polar surface area (TPSA) is 134 Å². The average Bonchev–Trinajstić information content (AvgIpc) is 2.53. The number of rotatable bonds is 7. The summed E-state index contributed by atoms with van der Waals surface area (Å²) in [6.07, 6.45) is 0.697. The van der Waals surface area contributed by atoms with E-state index in [2.05, 4.69) is 5.32 Å². The van der Waals surface area contributed by atoms with Crippen molar-refractivity contribution in [1.29, 1.82) is 0 Å². The zero-order valence-corrected chi connectivity index (χ0v) is 15.3. The smallest absolute Gasteiger partial charge is 0.317 e. The van der Waals surface area contributed by atoms with Crippen LogP contribution in [0.4, 0.5) is 0 Å². The monoisotopic (exact) mass is 374 g/mol. The molecular formula is C16H30N4O6. The number of hydrogen-bond acceptors (Lipinski definition) is 7. The van der Waals surface area contributed by atoms with Crippen molar-refractivity contribution < 1.29 is 29.7 Å². The summed E-state index contributed by atoms with van der Waals surface area (Å²) in [6, 6.07) is -0.0837. The molecule has 0 spiro atoms. The van der Waals surface area contributed by atoms with Crippen LogP contribution in [-0.2, 0) is 14.4 Å². The third-order valence-corrected chi connectivity index (χ3v) is 4.43. The fourth-order valence-corrected chi connectivity index (χ4v) is 3.12. The van der Waals surface area contributed by atoms with Crippen LogP contribution in [-0.4, -0.2) is 119 Å². The van der Waals surface area contributed by atoms with Crippen LogP contribution in [0.25, 0.3) is 0 Å². The molecule has 1 rings (SSSR count). The number of hydrogen-bond donors (Lipinski definition) is 4. The lowest BCUT2D eigenvalue weighted by molar-refractivity contribution is -0.141. The molecule has 0 aromatic carbocycles. The second-order valence-electron chi connectivity index (χ2n) is 6.48. The first-order valence-corrected chi connectivity index (χ1v) is 8.86. The number of nitrogens with one attached hydrogen (secondary N) is 1. The molecule has 1 atom stereocenters. The largest absolute Gasteiger partial charge is 0.480 e. The summed E-state index contributed by atoms with van der Waals surface area (Å²) in [6.45, 7) is 5.13. The molecule has 1 heterocycles. The van der Waals surface area contributed by atoms with E-state index in [4.69, 9.17) is 15.3 Å². The van der Waals surface area contributed by atoms with E-state index in [1.54, 1.807) is 9.80 Å². The van der Waals surface area contributed by atoms with Crippen molar-refractivity contribution in [3.8, 4) is 0 Å². The van der Waals surface area contributed by atoms with Gasteiger partial charge in [0.2, 0.25) is 0 Å². The molecule has 1 fully saturated rings. The minimum Gasteiger partial charge on any atom is -0.480 e. The van der Waals surface area contributed by atoms with E-state index in [1.165, 1.54) is 0 Å². The molecule has 1 unspecified atom stereocenters. The molecule has 0 amide bonds. The van der Waals surface area contributed by atoms with E-state index < -0.39 is 17.9 Å². The summed E-state index contributed by atoms with van der Waals surface area (Å²) in [5.74, 6) is -2.78. The Labute approximate surface area is 153 Å². The molecule has 0 saturated carbocycles. The Bertz CT molecular complexity index is 476. The third kappa shape index (κ3) is 9.09. The Morgan fingerprint density at radius 3 is 1.96 bits per heavy atom. The van der Waals surface area contributed by atoms with Gasteiger partial charge >= 0.3 is 17.9 Å². The van der Waals surface area contributed by atoms with Crippen LogP contribution in [0.3, 0.4) is 0 Å². The highest BCUT2D eigenvalue weighted by Gasteiger charge is 2.24. The van der Waals surface area contributed by atoms with Gasteiger partial charge in [-0.1, -0.05) is 6.92 Å². The molecule has 0 aliphatic carbocycles. The van der Waals surface area contributed by atoms with Crippen LogP contribution < -0.4 is 5.32 Å². The van der Waals surface area contributed by atoms with Gasteiger partial charge in [-0.05, 0) is 6.42 Å². The maximum Gasteiger partial charge on any atom is 0.317 e. The summed E-state index contributed by atoms with van der Waals surface area (Å²) in [5, 5.41) is 30.6. The van der Waals surface area contributed by atoms with Gasteiger partial charge in [-0.15, -0.1) is 0 Å². The van der Waals surface area contributed by atoms with E-state index in [0.29, 0.717) is 52.2 Å². The second-order valence-corrected chi connectivity index (χ2v) is 6.48. The van der Waals surface area contributed by atoms with Gasteiger partial charge in [-0.25, -0.2) is 0 Å². The summed E-state index contributed by atoms with van der Waals surface area (Å²) < 4.78 is 0. The number of nitrogens with zero attached hydrogens (tertiary/aromatic N) is 3. The van der Waals surface area contributed by atoms with Gasteiger partial charge in [0.1, 0.15) is 0 Å². The first-order chi connectivity index (χ1) is 12.3. The second kappa shape index (κ2) is 11.8. The Hall–Kier alpha value is -1.75. The van der Waals surface area contributed by atoms with Crippen LogP contribution in [0, 0.1) is 0 Å². The zero-order valence-electron chi connectivity index (χ0n) is 15.3. The van der Waals surface area contributed by atoms with Gasteiger partial charge in [0, 0.05) is 51.9 Å². The summed E-state index contributed by atoms with van der Waals surface area (Å²) >= 11 is 0. The SMILES string of the molecule is CCC1CN(CC(=O)O)CCN(CC(=O)O)CCNCCN1CC(=O)O. The Balaban J connectivity index is 2.88. The lowest BCUT2D eigenvalue weighted by atomic mass is 10.1. The minimum absolute atomic E-state index is 0.0837. The molecule has 0 aromatic heterocycles. The number of carboxylic acid groups (broad SMARTS) is 3. The molecule has 1 aliphatic rings. The van der Waals surface area contributed by atoms with Crippen LogP contribution in [0.2, 0.25) is 0 Å². The maximum absolute atomic E-state index is 11.2. The van der Waals surface area contributed by atoms with Crippen LogP contribution >= 0.6 is 0 Å². The fraction of sp³-hybridized carbons (Fsp3) is 0.812. The molecular weight excluding hydrogens is 344 g/mol. The quantitative estimate of drug-likeness (QED) is 0.418. The van der Waals surface area contributed by atoms with E-state index in [1.807, 2.05) is 11.8 Å². The highest BCUT2D eigenvalue weighted by molar-refractivity contribution is 5.70. The van der Waals surface area contributed by atoms with E-state index in [-0.39, 0.29) is 25.7 Å². The van der Waals surface area contributed by atoms with Gasteiger partial charge in [-0.2, -0.15) is 0 Å². The summed E-state index contributed by atoms with van der Waals surface area (Å²) in [5.41, 5.74) is 0. The van der Waals surface area contributed by atoms with Crippen LogP contribution in [0.5, 0.6) is 0 Å².